The van der Waals surface area contributed by atoms with Crippen molar-refractivity contribution < 1.29 is 0 Å². The summed E-state index contributed by atoms with van der Waals surface area (Å²) in [5, 5.41) is -0.145. The number of aromatic nitrogens is 2. The second-order valence-electron chi connectivity index (χ2n) is 11.2. The molecule has 0 N–H and O–H groups in total. The molecule has 6 aromatic rings. The summed E-state index contributed by atoms with van der Waals surface area (Å²) in [6, 6.07) is 53.8. The highest BCUT2D eigenvalue weighted by molar-refractivity contribution is 6.95. The highest BCUT2D eigenvalue weighted by atomic mass is 28.2. The maximum Gasteiger partial charge on any atom is 0.241 e. The zero-order valence-corrected chi connectivity index (χ0v) is 27.3. The summed E-state index contributed by atoms with van der Waals surface area (Å²) >= 11 is 0. The SMILES string of the molecule is CCCC(C)=C[SiH2]C(c1ccccc1)(c1ccccc1)n1ccnc1.c1ccc(B(c2ccccc2)c2ccccc2)cc1. The number of nitrogens with zero attached hydrogens (tertiary/aromatic N) is 2. The van der Waals surface area contributed by atoms with Crippen molar-refractivity contribution >= 4 is 32.6 Å². The highest BCUT2D eigenvalue weighted by Crippen LogP contribution is 2.33. The molecule has 0 aliphatic heterocycles. The van der Waals surface area contributed by atoms with Crippen LogP contribution in [0.5, 0.6) is 0 Å². The van der Waals surface area contributed by atoms with Crippen molar-refractivity contribution in [1.82, 2.24) is 9.55 Å². The van der Waals surface area contributed by atoms with Gasteiger partial charge in [0.05, 0.1) is 21.0 Å². The average Bonchev–Trinajstić information content (AvgIpc) is 3.64. The first-order chi connectivity index (χ1) is 21.7. The number of hydrogen-bond acceptors (Lipinski definition) is 1. The summed E-state index contributed by atoms with van der Waals surface area (Å²) in [6.45, 7) is 4.82. The van der Waals surface area contributed by atoms with Gasteiger partial charge >= 0.3 is 0 Å². The van der Waals surface area contributed by atoms with Gasteiger partial charge in [-0.2, -0.15) is 0 Å². The van der Waals surface area contributed by atoms with Gasteiger partial charge in [-0.15, -0.1) is 0 Å². The van der Waals surface area contributed by atoms with Gasteiger partial charge in [0, 0.05) is 12.4 Å². The molecule has 0 aliphatic rings. The molecule has 6 rings (SSSR count). The van der Waals surface area contributed by atoms with Gasteiger partial charge in [0.25, 0.3) is 0 Å². The van der Waals surface area contributed by atoms with Crippen molar-refractivity contribution in [3.63, 3.8) is 0 Å². The van der Waals surface area contributed by atoms with E-state index in [2.05, 4.69) is 187 Å². The Morgan fingerprint density at radius 2 is 1.07 bits per heavy atom. The Kier molecular flexibility index (Phi) is 11.0. The van der Waals surface area contributed by atoms with Crippen LogP contribution in [0.2, 0.25) is 0 Å². The molecule has 0 bridgehead atoms. The fraction of sp³-hybridized carbons (Fsp3) is 0.125. The number of rotatable bonds is 10. The minimum Gasteiger partial charge on any atom is -0.326 e. The zero-order valence-electron chi connectivity index (χ0n) is 25.8. The van der Waals surface area contributed by atoms with Gasteiger partial charge in [0.15, 0.2) is 0 Å². The third-order valence-corrected chi connectivity index (χ3v) is 10.9. The Hall–Kier alpha value is -4.67. The smallest absolute Gasteiger partial charge is 0.241 e. The van der Waals surface area contributed by atoms with Crippen LogP contribution in [0.25, 0.3) is 0 Å². The molecule has 0 atom stereocenters. The molecule has 2 nitrogen and oxygen atoms in total. The summed E-state index contributed by atoms with van der Waals surface area (Å²) in [4.78, 5) is 4.37. The van der Waals surface area contributed by atoms with Crippen LogP contribution in [0, 0.1) is 0 Å². The zero-order chi connectivity index (χ0) is 30.5. The molecule has 0 fully saturated rings. The molecule has 5 aromatic carbocycles. The Morgan fingerprint density at radius 3 is 1.43 bits per heavy atom. The number of hydrogen-bond donors (Lipinski definition) is 0. The lowest BCUT2D eigenvalue weighted by atomic mass is 9.37. The third-order valence-electron chi connectivity index (χ3n) is 8.24. The average molecular weight is 589 g/mol. The Labute approximate surface area is 266 Å². The second-order valence-corrected chi connectivity index (χ2v) is 13.1. The minimum atomic E-state index is -0.654. The number of allylic oxidation sites excluding steroid dienone is 1. The molecule has 0 radical (unpaired) electrons. The summed E-state index contributed by atoms with van der Waals surface area (Å²) in [7, 11) is -0.654. The van der Waals surface area contributed by atoms with Crippen LogP contribution in [-0.4, -0.2) is 25.8 Å². The van der Waals surface area contributed by atoms with E-state index < -0.39 is 9.52 Å². The lowest BCUT2D eigenvalue weighted by Crippen LogP contribution is -2.51. The Morgan fingerprint density at radius 1 is 0.659 bits per heavy atom. The van der Waals surface area contributed by atoms with Gasteiger partial charge in [-0.1, -0.05) is 193 Å². The fourth-order valence-corrected chi connectivity index (χ4v) is 8.24. The largest absolute Gasteiger partial charge is 0.326 e. The van der Waals surface area contributed by atoms with Crippen LogP contribution in [0.4, 0.5) is 0 Å². The van der Waals surface area contributed by atoms with Crippen LogP contribution >= 0.6 is 0 Å². The van der Waals surface area contributed by atoms with Gasteiger partial charge in [-0.3, -0.25) is 0 Å². The van der Waals surface area contributed by atoms with Crippen LogP contribution in [0.15, 0.2) is 182 Å². The Balaban J connectivity index is 0.000000181. The van der Waals surface area contributed by atoms with E-state index in [1.54, 1.807) is 0 Å². The summed E-state index contributed by atoms with van der Waals surface area (Å²) in [5.74, 6) is 0. The van der Waals surface area contributed by atoms with Crippen LogP contribution < -0.4 is 16.4 Å². The highest BCUT2D eigenvalue weighted by Gasteiger charge is 2.35. The van der Waals surface area contributed by atoms with E-state index in [-0.39, 0.29) is 5.16 Å². The molecule has 0 saturated heterocycles. The molecule has 1 heterocycles. The van der Waals surface area contributed by atoms with Crippen molar-refractivity contribution in [2.75, 3.05) is 0 Å². The lowest BCUT2D eigenvalue weighted by Gasteiger charge is -2.36. The van der Waals surface area contributed by atoms with Crippen molar-refractivity contribution in [3.8, 4) is 0 Å². The van der Waals surface area contributed by atoms with E-state index in [1.165, 1.54) is 45.9 Å². The van der Waals surface area contributed by atoms with E-state index in [4.69, 9.17) is 0 Å². The minimum absolute atomic E-state index is 0.145. The second kappa shape index (κ2) is 15.7. The lowest BCUT2D eigenvalue weighted by molar-refractivity contribution is 0.596. The number of imidazole rings is 1. The first kappa shape index (κ1) is 30.8. The Bertz CT molecular complexity index is 1540. The predicted molar refractivity (Wildman–Crippen MR) is 192 cm³/mol. The van der Waals surface area contributed by atoms with Crippen LogP contribution in [0.3, 0.4) is 0 Å². The van der Waals surface area contributed by atoms with Crippen molar-refractivity contribution in [2.24, 2.45) is 0 Å². The van der Waals surface area contributed by atoms with Crippen molar-refractivity contribution in [1.29, 1.82) is 0 Å². The van der Waals surface area contributed by atoms with Gasteiger partial charge < -0.3 is 4.57 Å². The van der Waals surface area contributed by atoms with Crippen LogP contribution in [0.1, 0.15) is 37.8 Å². The van der Waals surface area contributed by atoms with Gasteiger partial charge in [0.2, 0.25) is 6.71 Å². The van der Waals surface area contributed by atoms with Crippen molar-refractivity contribution in [3.05, 3.63) is 193 Å². The summed E-state index contributed by atoms with van der Waals surface area (Å²) in [6.07, 6.45) is 8.34. The molecular weight excluding hydrogens is 547 g/mol. The topological polar surface area (TPSA) is 17.8 Å². The molecule has 0 spiro atoms. The first-order valence-corrected chi connectivity index (χ1v) is 17.1. The molecule has 44 heavy (non-hydrogen) atoms. The van der Waals surface area contributed by atoms with Crippen molar-refractivity contribution in [2.45, 2.75) is 31.9 Å². The molecule has 218 valence electrons. The standard InChI is InChI=1S/C22H26N2Si.C18H15B/c1-3-10-19(2)17-25-22(24-16-15-23-18-24,20-11-6-4-7-12-20)21-13-8-5-9-14-21;1-4-10-16(11-5-1)19(17-12-6-2-7-13-17)18-14-8-3-9-15-18/h4-9,11-18H,3,10,25H2,1-2H3;1-15H. The van der Waals surface area contributed by atoms with E-state index in [0.29, 0.717) is 6.71 Å². The maximum absolute atomic E-state index is 4.37. The van der Waals surface area contributed by atoms with E-state index in [1.807, 2.05) is 12.5 Å². The van der Waals surface area contributed by atoms with Gasteiger partial charge in [-0.25, -0.2) is 4.98 Å². The molecular formula is C40H41BN2Si. The van der Waals surface area contributed by atoms with Gasteiger partial charge in [-0.05, 0) is 24.5 Å². The third kappa shape index (κ3) is 7.45. The molecule has 1 aromatic heterocycles. The fourth-order valence-electron chi connectivity index (χ4n) is 6.05. The van der Waals surface area contributed by atoms with Crippen LogP contribution in [-0.2, 0) is 5.16 Å². The predicted octanol–water partition coefficient (Wildman–Crippen LogP) is 6.71. The number of benzene rings is 5. The van der Waals surface area contributed by atoms with E-state index in [0.717, 1.165) is 0 Å². The molecule has 4 heteroatoms. The van der Waals surface area contributed by atoms with E-state index in [9.17, 15) is 0 Å². The molecule has 0 saturated carbocycles. The summed E-state index contributed by atoms with van der Waals surface area (Å²) in [5.41, 5.74) is 10.7. The van der Waals surface area contributed by atoms with E-state index >= 15 is 0 Å². The first-order valence-electron chi connectivity index (χ1n) is 15.6. The van der Waals surface area contributed by atoms with Gasteiger partial charge in [0.1, 0.15) is 0 Å². The molecule has 0 aliphatic carbocycles. The quantitative estimate of drug-likeness (QED) is 0.163. The maximum atomic E-state index is 4.37. The molecule has 0 amide bonds. The monoisotopic (exact) mass is 588 g/mol. The summed E-state index contributed by atoms with van der Waals surface area (Å²) < 4.78 is 2.31. The molecule has 0 unspecified atom stereocenters. The normalized spacial score (nSPS) is 11.6.